The number of ketones is 1. The van der Waals surface area contributed by atoms with Gasteiger partial charge in [0.25, 0.3) is 0 Å². The van der Waals surface area contributed by atoms with Crippen molar-refractivity contribution in [2.45, 2.75) is 47.1 Å². The predicted molar refractivity (Wildman–Crippen MR) is 178 cm³/mol. The molecule has 45 heavy (non-hydrogen) atoms. The maximum Gasteiger partial charge on any atom is 0.225 e. The fraction of sp³-hybridized carbons (Fsp3) is 0.378. The lowest BCUT2D eigenvalue weighted by Gasteiger charge is -2.35. The maximum atomic E-state index is 13.2. The molecule has 0 bridgehead atoms. The zero-order valence-electron chi connectivity index (χ0n) is 26.9. The summed E-state index contributed by atoms with van der Waals surface area (Å²) in [6.07, 6.45) is 6.28. The van der Waals surface area contributed by atoms with Gasteiger partial charge < -0.3 is 5.32 Å². The fourth-order valence-corrected chi connectivity index (χ4v) is 5.46. The van der Waals surface area contributed by atoms with Gasteiger partial charge in [-0.1, -0.05) is 63.2 Å². The molecule has 8 heteroatoms. The van der Waals surface area contributed by atoms with Gasteiger partial charge in [-0.05, 0) is 47.4 Å². The minimum Gasteiger partial charge on any atom is -0.354 e. The molecule has 0 radical (unpaired) electrons. The van der Waals surface area contributed by atoms with Crippen LogP contribution in [0, 0.1) is 12.3 Å². The number of nitrogens with one attached hydrogen (secondary N) is 1. The average molecular weight is 605 g/mol. The number of nitrogens with zero attached hydrogens (tertiary/aromatic N) is 5. The second kappa shape index (κ2) is 14.7. The number of carbonyl (C=O) groups is 2. The number of benzene rings is 2. The molecule has 1 amide bonds. The Labute approximate surface area is 266 Å². The van der Waals surface area contributed by atoms with Crippen LogP contribution in [0.3, 0.4) is 0 Å². The smallest absolute Gasteiger partial charge is 0.225 e. The van der Waals surface area contributed by atoms with Gasteiger partial charge in [-0.25, -0.2) is 9.97 Å². The number of Topliss-reactive ketones (excluding diaryl/α,β-unsaturated/α-hetero) is 1. The SMILES string of the molecule is Cc1ccc(CC(=O)c2ccc(CN3CCN(CCNC(=O)C(C)(C)C)CC3)cc2)cc1Cc1nccc(-c2cccnc2)n1. The van der Waals surface area contributed by atoms with E-state index in [4.69, 9.17) is 4.98 Å². The molecule has 8 nitrogen and oxygen atoms in total. The topological polar surface area (TPSA) is 91.3 Å². The molecule has 0 atom stereocenters. The number of hydrogen-bond acceptors (Lipinski definition) is 7. The Kier molecular flexibility index (Phi) is 10.5. The van der Waals surface area contributed by atoms with E-state index in [1.807, 2.05) is 57.2 Å². The molecule has 0 spiro atoms. The third kappa shape index (κ3) is 9.12. The number of aromatic nitrogens is 3. The Hall–Kier alpha value is -4.27. The number of pyridine rings is 1. The van der Waals surface area contributed by atoms with Gasteiger partial charge in [0, 0.05) is 93.8 Å². The zero-order valence-corrected chi connectivity index (χ0v) is 26.9. The van der Waals surface area contributed by atoms with Crippen LogP contribution in [0.5, 0.6) is 0 Å². The standard InChI is InChI=1S/C37H44N6O2/c1-27-7-8-29(22-32(27)24-35-39-15-13-33(41-35)31-6-5-14-38-25-31)23-34(44)30-11-9-28(10-12-30)26-43-20-18-42(19-21-43)17-16-40-36(45)37(2,3)4/h5-15,22,25H,16-21,23-24,26H2,1-4H3,(H,40,45). The number of aryl methyl sites for hydroxylation is 1. The molecule has 1 aliphatic rings. The molecule has 2 aromatic heterocycles. The molecule has 5 rings (SSSR count). The normalized spacial score (nSPS) is 14.3. The minimum absolute atomic E-state index is 0.0981. The van der Waals surface area contributed by atoms with E-state index in [0.29, 0.717) is 19.4 Å². The Balaban J connectivity index is 1.11. The van der Waals surface area contributed by atoms with Gasteiger partial charge in [0.1, 0.15) is 5.82 Å². The highest BCUT2D eigenvalue weighted by Crippen LogP contribution is 2.20. The molecule has 3 heterocycles. The largest absolute Gasteiger partial charge is 0.354 e. The van der Waals surface area contributed by atoms with Gasteiger partial charge in [-0.3, -0.25) is 24.4 Å². The summed E-state index contributed by atoms with van der Waals surface area (Å²) in [6, 6.07) is 20.1. The molecule has 0 unspecified atom stereocenters. The third-order valence-electron chi connectivity index (χ3n) is 8.33. The van der Waals surface area contributed by atoms with Gasteiger partial charge in [0.15, 0.2) is 5.78 Å². The van der Waals surface area contributed by atoms with Crippen molar-refractivity contribution in [1.29, 1.82) is 0 Å². The first-order valence-corrected chi connectivity index (χ1v) is 15.8. The Morgan fingerprint density at radius 3 is 2.33 bits per heavy atom. The molecule has 0 saturated carbocycles. The van der Waals surface area contributed by atoms with Crippen molar-refractivity contribution in [1.82, 2.24) is 30.1 Å². The van der Waals surface area contributed by atoms with Crippen molar-refractivity contribution < 1.29 is 9.59 Å². The van der Waals surface area contributed by atoms with E-state index in [9.17, 15) is 9.59 Å². The second-order valence-electron chi connectivity index (χ2n) is 13.0. The lowest BCUT2D eigenvalue weighted by molar-refractivity contribution is -0.128. The lowest BCUT2D eigenvalue weighted by atomic mass is 9.96. The van der Waals surface area contributed by atoms with Crippen LogP contribution in [0.15, 0.2) is 79.3 Å². The quantitative estimate of drug-likeness (QED) is 0.237. The monoisotopic (exact) mass is 604 g/mol. The molecule has 1 saturated heterocycles. The van der Waals surface area contributed by atoms with Crippen molar-refractivity contribution >= 4 is 11.7 Å². The highest BCUT2D eigenvalue weighted by molar-refractivity contribution is 5.97. The molecule has 1 N–H and O–H groups in total. The van der Waals surface area contributed by atoms with Crippen LogP contribution in [-0.4, -0.2) is 75.7 Å². The van der Waals surface area contributed by atoms with Crippen molar-refractivity contribution in [2.24, 2.45) is 5.41 Å². The van der Waals surface area contributed by atoms with E-state index in [1.165, 1.54) is 5.56 Å². The van der Waals surface area contributed by atoms with E-state index in [0.717, 1.165) is 78.6 Å². The summed E-state index contributed by atoms with van der Waals surface area (Å²) in [7, 11) is 0. The number of amides is 1. The van der Waals surface area contributed by atoms with E-state index in [-0.39, 0.29) is 17.1 Å². The fourth-order valence-electron chi connectivity index (χ4n) is 5.46. The zero-order chi connectivity index (χ0) is 31.8. The average Bonchev–Trinajstić information content (AvgIpc) is 3.04. The van der Waals surface area contributed by atoms with E-state index < -0.39 is 0 Å². The van der Waals surface area contributed by atoms with Crippen LogP contribution in [0.1, 0.15) is 59.2 Å². The van der Waals surface area contributed by atoms with Gasteiger partial charge >= 0.3 is 0 Å². The van der Waals surface area contributed by atoms with Crippen molar-refractivity contribution in [3.05, 3.63) is 113 Å². The number of carbonyl (C=O) groups excluding carboxylic acids is 2. The van der Waals surface area contributed by atoms with E-state index in [1.54, 1.807) is 18.6 Å². The summed E-state index contributed by atoms with van der Waals surface area (Å²) in [5.41, 5.74) is 6.66. The number of hydrogen-bond donors (Lipinski definition) is 1. The summed E-state index contributed by atoms with van der Waals surface area (Å²) < 4.78 is 0. The van der Waals surface area contributed by atoms with Crippen LogP contribution in [-0.2, 0) is 24.2 Å². The summed E-state index contributed by atoms with van der Waals surface area (Å²) in [5, 5.41) is 3.04. The summed E-state index contributed by atoms with van der Waals surface area (Å²) in [5.74, 6) is 0.948. The molecule has 1 fully saturated rings. The second-order valence-corrected chi connectivity index (χ2v) is 13.0. The lowest BCUT2D eigenvalue weighted by Crippen LogP contribution is -2.48. The van der Waals surface area contributed by atoms with Crippen molar-refractivity contribution in [3.8, 4) is 11.3 Å². The Bertz CT molecular complexity index is 1590. The molecule has 4 aromatic rings. The van der Waals surface area contributed by atoms with Crippen molar-refractivity contribution in [2.75, 3.05) is 39.3 Å². The highest BCUT2D eigenvalue weighted by Gasteiger charge is 2.22. The Morgan fingerprint density at radius 2 is 1.62 bits per heavy atom. The molecular formula is C37H44N6O2. The first kappa shape index (κ1) is 32.1. The van der Waals surface area contributed by atoms with Gasteiger partial charge in [-0.15, -0.1) is 0 Å². The van der Waals surface area contributed by atoms with Gasteiger partial charge in [0.05, 0.1) is 5.69 Å². The maximum absolute atomic E-state index is 13.2. The van der Waals surface area contributed by atoms with Crippen molar-refractivity contribution in [3.63, 3.8) is 0 Å². The predicted octanol–water partition coefficient (Wildman–Crippen LogP) is 5.14. The van der Waals surface area contributed by atoms with Gasteiger partial charge in [-0.2, -0.15) is 0 Å². The summed E-state index contributed by atoms with van der Waals surface area (Å²) in [6.45, 7) is 14.3. The minimum atomic E-state index is -0.353. The first-order chi connectivity index (χ1) is 21.6. The third-order valence-corrected chi connectivity index (χ3v) is 8.33. The van der Waals surface area contributed by atoms with Crippen LogP contribution in [0.4, 0.5) is 0 Å². The van der Waals surface area contributed by atoms with Crippen LogP contribution >= 0.6 is 0 Å². The van der Waals surface area contributed by atoms with Crippen LogP contribution < -0.4 is 5.32 Å². The molecular weight excluding hydrogens is 560 g/mol. The summed E-state index contributed by atoms with van der Waals surface area (Å²) >= 11 is 0. The van der Waals surface area contributed by atoms with E-state index >= 15 is 0 Å². The van der Waals surface area contributed by atoms with Crippen LogP contribution in [0.25, 0.3) is 11.3 Å². The van der Waals surface area contributed by atoms with E-state index in [2.05, 4.69) is 56.3 Å². The highest BCUT2D eigenvalue weighted by atomic mass is 16.2. The summed E-state index contributed by atoms with van der Waals surface area (Å²) in [4.78, 5) is 43.6. The molecule has 1 aliphatic heterocycles. The number of piperazine rings is 1. The van der Waals surface area contributed by atoms with Gasteiger partial charge in [0.2, 0.25) is 5.91 Å². The number of rotatable bonds is 11. The molecule has 234 valence electrons. The van der Waals surface area contributed by atoms with Crippen LogP contribution in [0.2, 0.25) is 0 Å². The first-order valence-electron chi connectivity index (χ1n) is 15.8. The molecule has 2 aromatic carbocycles. The molecule has 0 aliphatic carbocycles. The Morgan fingerprint density at radius 1 is 0.889 bits per heavy atom.